The summed E-state index contributed by atoms with van der Waals surface area (Å²) in [7, 11) is 0. The SMILES string of the molecule is O=C(C[C@H]1C(=O)NCCN1Cc1cccs1)NC(c1ccccc1)c1ccccc1. The normalized spacial score (nSPS) is 17.0. The maximum Gasteiger partial charge on any atom is 0.237 e. The van der Waals surface area contributed by atoms with E-state index in [4.69, 9.17) is 0 Å². The zero-order chi connectivity index (χ0) is 20.8. The topological polar surface area (TPSA) is 61.4 Å². The van der Waals surface area contributed by atoms with Crippen molar-refractivity contribution in [2.75, 3.05) is 13.1 Å². The molecule has 1 aromatic heterocycles. The Balaban J connectivity index is 1.49. The number of benzene rings is 2. The van der Waals surface area contributed by atoms with Crippen LogP contribution in [-0.4, -0.2) is 35.8 Å². The highest BCUT2D eigenvalue weighted by Crippen LogP contribution is 2.23. The van der Waals surface area contributed by atoms with Crippen LogP contribution in [0.5, 0.6) is 0 Å². The zero-order valence-electron chi connectivity index (χ0n) is 16.7. The lowest BCUT2D eigenvalue weighted by atomic mass is 9.98. The summed E-state index contributed by atoms with van der Waals surface area (Å²) >= 11 is 1.67. The number of amides is 2. The monoisotopic (exact) mass is 419 g/mol. The average Bonchev–Trinajstić information content (AvgIpc) is 3.29. The van der Waals surface area contributed by atoms with Crippen molar-refractivity contribution in [3.05, 3.63) is 94.2 Å². The summed E-state index contributed by atoms with van der Waals surface area (Å²) < 4.78 is 0. The van der Waals surface area contributed by atoms with E-state index >= 15 is 0 Å². The van der Waals surface area contributed by atoms with Crippen LogP contribution in [0.1, 0.15) is 28.5 Å². The Bertz CT molecular complexity index is 921. The largest absolute Gasteiger partial charge is 0.353 e. The van der Waals surface area contributed by atoms with Gasteiger partial charge in [0.15, 0.2) is 0 Å². The molecule has 0 bridgehead atoms. The van der Waals surface area contributed by atoms with Gasteiger partial charge in [0.2, 0.25) is 11.8 Å². The molecule has 0 spiro atoms. The van der Waals surface area contributed by atoms with Crippen molar-refractivity contribution in [3.8, 4) is 0 Å². The van der Waals surface area contributed by atoms with Crippen LogP contribution < -0.4 is 10.6 Å². The zero-order valence-corrected chi connectivity index (χ0v) is 17.5. The molecule has 4 rings (SSSR count). The third kappa shape index (κ3) is 4.96. The number of piperazine rings is 1. The van der Waals surface area contributed by atoms with Gasteiger partial charge < -0.3 is 10.6 Å². The van der Waals surface area contributed by atoms with Crippen molar-refractivity contribution in [3.63, 3.8) is 0 Å². The van der Waals surface area contributed by atoms with Crippen molar-refractivity contribution in [2.24, 2.45) is 0 Å². The summed E-state index contributed by atoms with van der Waals surface area (Å²) in [6, 6.07) is 23.2. The molecule has 2 heterocycles. The Morgan fingerprint density at radius 2 is 1.70 bits per heavy atom. The molecular formula is C24H25N3O2S. The van der Waals surface area contributed by atoms with Crippen molar-refractivity contribution >= 4 is 23.2 Å². The molecule has 0 radical (unpaired) electrons. The van der Waals surface area contributed by atoms with E-state index in [0.29, 0.717) is 13.1 Å². The van der Waals surface area contributed by atoms with Crippen molar-refractivity contribution < 1.29 is 9.59 Å². The van der Waals surface area contributed by atoms with Crippen LogP contribution in [0.4, 0.5) is 0 Å². The number of carbonyl (C=O) groups is 2. The number of carbonyl (C=O) groups excluding carboxylic acids is 2. The molecule has 0 aliphatic carbocycles. The molecule has 0 saturated carbocycles. The average molecular weight is 420 g/mol. The number of hydrogen-bond acceptors (Lipinski definition) is 4. The molecule has 1 atom stereocenters. The van der Waals surface area contributed by atoms with Crippen LogP contribution in [0.25, 0.3) is 0 Å². The number of hydrogen-bond donors (Lipinski definition) is 2. The van der Waals surface area contributed by atoms with Gasteiger partial charge in [0, 0.05) is 24.5 Å². The molecule has 6 heteroatoms. The Kier molecular flexibility index (Phi) is 6.57. The summed E-state index contributed by atoms with van der Waals surface area (Å²) in [5, 5.41) is 8.09. The molecule has 2 amide bonds. The van der Waals surface area contributed by atoms with Crippen LogP contribution in [0.15, 0.2) is 78.2 Å². The standard InChI is InChI=1S/C24H25N3O2S/c28-22(16-21-24(29)25-13-14-27(21)17-20-12-7-15-30-20)26-23(18-8-3-1-4-9-18)19-10-5-2-6-11-19/h1-12,15,21,23H,13-14,16-17H2,(H,25,29)(H,26,28)/t21-/m0/s1. The Morgan fingerprint density at radius 3 is 2.30 bits per heavy atom. The molecule has 2 aromatic carbocycles. The van der Waals surface area contributed by atoms with E-state index in [9.17, 15) is 9.59 Å². The van der Waals surface area contributed by atoms with Gasteiger partial charge in [-0.2, -0.15) is 0 Å². The van der Waals surface area contributed by atoms with Gasteiger partial charge in [-0.1, -0.05) is 66.7 Å². The molecular weight excluding hydrogens is 394 g/mol. The number of nitrogens with one attached hydrogen (secondary N) is 2. The van der Waals surface area contributed by atoms with Gasteiger partial charge in [-0.3, -0.25) is 14.5 Å². The molecule has 3 aromatic rings. The Morgan fingerprint density at radius 1 is 1.03 bits per heavy atom. The van der Waals surface area contributed by atoms with E-state index in [1.54, 1.807) is 11.3 Å². The second-order valence-electron chi connectivity index (χ2n) is 7.38. The van der Waals surface area contributed by atoms with E-state index in [1.807, 2.05) is 72.1 Å². The van der Waals surface area contributed by atoms with Crippen molar-refractivity contribution in [2.45, 2.75) is 25.0 Å². The summed E-state index contributed by atoms with van der Waals surface area (Å²) in [5.41, 5.74) is 2.03. The third-order valence-corrected chi connectivity index (χ3v) is 6.19. The molecule has 2 N–H and O–H groups in total. The van der Waals surface area contributed by atoms with Crippen LogP contribution in [0.2, 0.25) is 0 Å². The minimum Gasteiger partial charge on any atom is -0.353 e. The summed E-state index contributed by atoms with van der Waals surface area (Å²) in [5.74, 6) is -0.213. The van der Waals surface area contributed by atoms with Gasteiger partial charge in [0.05, 0.1) is 18.5 Å². The molecule has 1 aliphatic rings. The first kappa shape index (κ1) is 20.3. The minimum atomic E-state index is -0.465. The maximum absolute atomic E-state index is 13.0. The number of thiophene rings is 1. The lowest BCUT2D eigenvalue weighted by Crippen LogP contribution is -2.56. The fourth-order valence-corrected chi connectivity index (χ4v) is 4.55. The molecule has 30 heavy (non-hydrogen) atoms. The molecule has 1 saturated heterocycles. The molecule has 154 valence electrons. The van der Waals surface area contributed by atoms with Crippen LogP contribution in [0.3, 0.4) is 0 Å². The summed E-state index contributed by atoms with van der Waals surface area (Å²) in [6.07, 6.45) is 0.132. The van der Waals surface area contributed by atoms with Gasteiger partial charge in [-0.25, -0.2) is 0 Å². The van der Waals surface area contributed by atoms with Crippen LogP contribution in [0, 0.1) is 0 Å². The van der Waals surface area contributed by atoms with Crippen molar-refractivity contribution in [1.29, 1.82) is 0 Å². The first-order valence-corrected chi connectivity index (χ1v) is 11.0. The third-order valence-electron chi connectivity index (χ3n) is 5.33. The molecule has 1 fully saturated rings. The van der Waals surface area contributed by atoms with E-state index in [1.165, 1.54) is 4.88 Å². The van der Waals surface area contributed by atoms with Gasteiger partial charge in [-0.15, -0.1) is 11.3 Å². The summed E-state index contributed by atoms with van der Waals surface area (Å²) in [6.45, 7) is 2.03. The Labute approximate surface area is 180 Å². The lowest BCUT2D eigenvalue weighted by Gasteiger charge is -2.34. The van der Waals surface area contributed by atoms with E-state index in [0.717, 1.165) is 17.7 Å². The van der Waals surface area contributed by atoms with E-state index < -0.39 is 6.04 Å². The second-order valence-corrected chi connectivity index (χ2v) is 8.41. The summed E-state index contributed by atoms with van der Waals surface area (Å²) in [4.78, 5) is 28.9. The molecule has 0 unspecified atom stereocenters. The fraction of sp³-hybridized carbons (Fsp3) is 0.250. The highest BCUT2D eigenvalue weighted by molar-refractivity contribution is 7.09. The molecule has 1 aliphatic heterocycles. The lowest BCUT2D eigenvalue weighted by molar-refractivity contribution is -0.134. The van der Waals surface area contributed by atoms with Gasteiger partial charge in [0.25, 0.3) is 0 Å². The predicted octanol–water partition coefficient (Wildman–Crippen LogP) is 3.34. The highest BCUT2D eigenvalue weighted by Gasteiger charge is 2.32. The first-order valence-electron chi connectivity index (χ1n) is 10.1. The van der Waals surface area contributed by atoms with Gasteiger partial charge in [0.1, 0.15) is 0 Å². The number of rotatable bonds is 7. The number of nitrogens with zero attached hydrogens (tertiary/aromatic N) is 1. The molecule has 5 nitrogen and oxygen atoms in total. The smallest absolute Gasteiger partial charge is 0.237 e. The Hall–Kier alpha value is -2.96. The quantitative estimate of drug-likeness (QED) is 0.617. The second kappa shape index (κ2) is 9.69. The fourth-order valence-electron chi connectivity index (χ4n) is 3.82. The first-order chi connectivity index (χ1) is 14.7. The minimum absolute atomic E-state index is 0.0797. The van der Waals surface area contributed by atoms with Crippen molar-refractivity contribution in [1.82, 2.24) is 15.5 Å². The van der Waals surface area contributed by atoms with Crippen LogP contribution >= 0.6 is 11.3 Å². The van der Waals surface area contributed by atoms with E-state index in [-0.39, 0.29) is 24.3 Å². The highest BCUT2D eigenvalue weighted by atomic mass is 32.1. The maximum atomic E-state index is 13.0. The van der Waals surface area contributed by atoms with Gasteiger partial charge >= 0.3 is 0 Å². The van der Waals surface area contributed by atoms with Gasteiger partial charge in [-0.05, 0) is 22.6 Å². The van der Waals surface area contributed by atoms with Crippen LogP contribution in [-0.2, 0) is 16.1 Å². The predicted molar refractivity (Wildman–Crippen MR) is 119 cm³/mol. The van der Waals surface area contributed by atoms with E-state index in [2.05, 4.69) is 21.6 Å².